The molecule has 0 bridgehead atoms. The Kier molecular flexibility index (Phi) is 5.48. The average molecular weight is 347 g/mol. The second-order valence-electron chi connectivity index (χ2n) is 4.96. The highest BCUT2D eigenvalue weighted by Gasteiger charge is 2.26. The van der Waals surface area contributed by atoms with Crippen molar-refractivity contribution < 1.29 is 13.6 Å². The minimum absolute atomic E-state index is 0.0241. The molecule has 3 nitrogen and oxygen atoms in total. The molecule has 0 aromatic heterocycles. The predicted molar refractivity (Wildman–Crippen MR) is 77.9 cm³/mol. The lowest BCUT2D eigenvalue weighted by Gasteiger charge is -2.30. The number of alkyl halides is 2. The highest BCUT2D eigenvalue weighted by molar-refractivity contribution is 9.10. The van der Waals surface area contributed by atoms with Crippen LogP contribution in [0.2, 0.25) is 0 Å². The van der Waals surface area contributed by atoms with Crippen LogP contribution < -0.4 is 5.32 Å². The molecule has 2 rings (SSSR count). The Morgan fingerprint density at radius 2 is 1.90 bits per heavy atom. The van der Waals surface area contributed by atoms with Crippen molar-refractivity contribution in [2.45, 2.75) is 19.3 Å². The van der Waals surface area contributed by atoms with Crippen molar-refractivity contribution >= 4 is 27.5 Å². The van der Waals surface area contributed by atoms with Crippen molar-refractivity contribution in [3.8, 4) is 0 Å². The van der Waals surface area contributed by atoms with Gasteiger partial charge in [0.15, 0.2) is 0 Å². The first-order chi connectivity index (χ1) is 9.54. The molecule has 0 spiro atoms. The van der Waals surface area contributed by atoms with E-state index in [1.807, 2.05) is 24.3 Å². The molecule has 1 aromatic carbocycles. The molecule has 0 aliphatic carbocycles. The molecule has 1 aliphatic heterocycles. The lowest BCUT2D eigenvalue weighted by Crippen LogP contribution is -2.40. The third kappa shape index (κ3) is 4.52. The molecule has 1 aromatic rings. The van der Waals surface area contributed by atoms with E-state index in [1.165, 1.54) is 0 Å². The number of anilines is 1. The van der Waals surface area contributed by atoms with Crippen LogP contribution in [0.1, 0.15) is 12.8 Å². The highest BCUT2D eigenvalue weighted by atomic mass is 79.9. The Morgan fingerprint density at radius 3 is 2.45 bits per heavy atom. The van der Waals surface area contributed by atoms with Crippen molar-refractivity contribution in [2.24, 2.45) is 5.92 Å². The molecule has 0 saturated carbocycles. The lowest BCUT2D eigenvalue weighted by molar-refractivity contribution is -0.121. The Labute approximate surface area is 125 Å². The number of rotatable bonds is 4. The Hall–Kier alpha value is -1.01. The maximum atomic E-state index is 12.3. The summed E-state index contributed by atoms with van der Waals surface area (Å²) < 4.78 is 25.5. The number of benzene rings is 1. The minimum atomic E-state index is -2.30. The van der Waals surface area contributed by atoms with Crippen LogP contribution in [0, 0.1) is 5.92 Å². The van der Waals surface area contributed by atoms with Gasteiger partial charge in [-0.1, -0.05) is 15.9 Å². The van der Waals surface area contributed by atoms with Crippen LogP contribution in [-0.2, 0) is 4.79 Å². The van der Waals surface area contributed by atoms with Crippen molar-refractivity contribution in [3.63, 3.8) is 0 Å². The van der Waals surface area contributed by atoms with Gasteiger partial charge in [0, 0.05) is 16.1 Å². The van der Waals surface area contributed by atoms with Crippen molar-refractivity contribution in [1.29, 1.82) is 0 Å². The molecular weight excluding hydrogens is 330 g/mol. The van der Waals surface area contributed by atoms with Gasteiger partial charge in [-0.05, 0) is 50.2 Å². The van der Waals surface area contributed by atoms with Gasteiger partial charge < -0.3 is 5.32 Å². The van der Waals surface area contributed by atoms with Crippen molar-refractivity contribution in [3.05, 3.63) is 28.7 Å². The number of nitrogens with zero attached hydrogens (tertiary/aromatic N) is 1. The number of carbonyl (C=O) groups excluding carboxylic acids is 1. The molecule has 0 unspecified atom stereocenters. The first-order valence-electron chi connectivity index (χ1n) is 6.61. The minimum Gasteiger partial charge on any atom is -0.326 e. The predicted octanol–water partition coefficient (Wildman–Crippen LogP) is 3.36. The molecular formula is C14H17BrF2N2O. The van der Waals surface area contributed by atoms with Crippen LogP contribution in [-0.4, -0.2) is 36.9 Å². The number of hydrogen-bond donors (Lipinski definition) is 1. The number of halogens is 3. The maximum absolute atomic E-state index is 12.3. The van der Waals surface area contributed by atoms with E-state index < -0.39 is 6.43 Å². The average Bonchev–Trinajstić information content (AvgIpc) is 2.41. The van der Waals surface area contributed by atoms with Crippen molar-refractivity contribution in [2.75, 3.05) is 25.0 Å². The van der Waals surface area contributed by atoms with Gasteiger partial charge >= 0.3 is 0 Å². The van der Waals surface area contributed by atoms with Crippen LogP contribution in [0.15, 0.2) is 28.7 Å². The lowest BCUT2D eigenvalue weighted by atomic mass is 9.96. The zero-order valence-corrected chi connectivity index (χ0v) is 12.6. The number of hydrogen-bond acceptors (Lipinski definition) is 2. The molecule has 1 aliphatic rings. The summed E-state index contributed by atoms with van der Waals surface area (Å²) in [5.41, 5.74) is 0.758. The fourth-order valence-corrected chi connectivity index (χ4v) is 2.61. The summed E-state index contributed by atoms with van der Waals surface area (Å²) >= 11 is 3.33. The van der Waals surface area contributed by atoms with E-state index in [4.69, 9.17) is 0 Å². The van der Waals surface area contributed by atoms with E-state index in [9.17, 15) is 13.6 Å². The standard InChI is InChI=1S/C14H17BrF2N2O/c15-11-1-3-12(4-2-11)18-14(20)10-5-7-19(8-6-10)9-13(16)17/h1-4,10,13H,5-9H2,(H,18,20). The summed E-state index contributed by atoms with van der Waals surface area (Å²) in [6.07, 6.45) is -1.03. The van der Waals surface area contributed by atoms with E-state index in [-0.39, 0.29) is 18.4 Å². The number of piperidine rings is 1. The second-order valence-corrected chi connectivity index (χ2v) is 5.88. The van der Waals surface area contributed by atoms with Crippen molar-refractivity contribution in [1.82, 2.24) is 4.90 Å². The van der Waals surface area contributed by atoms with Gasteiger partial charge in [-0.3, -0.25) is 9.69 Å². The molecule has 110 valence electrons. The third-order valence-corrected chi connectivity index (χ3v) is 4.00. The van der Waals surface area contributed by atoms with Gasteiger partial charge in [0.1, 0.15) is 0 Å². The highest BCUT2D eigenvalue weighted by Crippen LogP contribution is 2.21. The van der Waals surface area contributed by atoms with E-state index in [0.717, 1.165) is 10.2 Å². The number of likely N-dealkylation sites (tertiary alicyclic amines) is 1. The van der Waals surface area contributed by atoms with Gasteiger partial charge in [-0.25, -0.2) is 8.78 Å². The quantitative estimate of drug-likeness (QED) is 0.906. The van der Waals surface area contributed by atoms with Gasteiger partial charge in [0.25, 0.3) is 6.43 Å². The van der Waals surface area contributed by atoms with Gasteiger partial charge in [0.2, 0.25) is 5.91 Å². The molecule has 0 atom stereocenters. The van der Waals surface area contributed by atoms with Crippen LogP contribution in [0.25, 0.3) is 0 Å². The van der Waals surface area contributed by atoms with Gasteiger partial charge in [-0.15, -0.1) is 0 Å². The van der Waals surface area contributed by atoms with Crippen LogP contribution in [0.5, 0.6) is 0 Å². The molecule has 1 N–H and O–H groups in total. The van der Waals surface area contributed by atoms with Crippen LogP contribution in [0.4, 0.5) is 14.5 Å². The van der Waals surface area contributed by atoms with E-state index in [1.54, 1.807) is 4.90 Å². The SMILES string of the molecule is O=C(Nc1ccc(Br)cc1)C1CCN(CC(F)F)CC1. The third-order valence-electron chi connectivity index (χ3n) is 3.47. The Morgan fingerprint density at radius 1 is 1.30 bits per heavy atom. The smallest absolute Gasteiger partial charge is 0.251 e. The van der Waals surface area contributed by atoms with Crippen LogP contribution >= 0.6 is 15.9 Å². The summed E-state index contributed by atoms with van der Waals surface area (Å²) in [6.45, 7) is 0.923. The molecule has 1 amide bonds. The second kappa shape index (κ2) is 7.13. The first kappa shape index (κ1) is 15.4. The molecule has 1 heterocycles. The monoisotopic (exact) mass is 346 g/mol. The molecule has 1 saturated heterocycles. The summed E-state index contributed by atoms with van der Waals surface area (Å²) in [4.78, 5) is 13.8. The van der Waals surface area contributed by atoms with E-state index in [0.29, 0.717) is 25.9 Å². The number of carbonyl (C=O) groups is 1. The fourth-order valence-electron chi connectivity index (χ4n) is 2.35. The summed E-state index contributed by atoms with van der Waals surface area (Å²) in [7, 11) is 0. The molecule has 6 heteroatoms. The Balaban J connectivity index is 1.81. The molecule has 20 heavy (non-hydrogen) atoms. The zero-order valence-electron chi connectivity index (χ0n) is 11.0. The first-order valence-corrected chi connectivity index (χ1v) is 7.41. The summed E-state index contributed by atoms with van der Waals surface area (Å²) in [6, 6.07) is 7.38. The van der Waals surface area contributed by atoms with E-state index >= 15 is 0 Å². The normalized spacial score (nSPS) is 17.4. The maximum Gasteiger partial charge on any atom is 0.251 e. The molecule has 1 fully saturated rings. The largest absolute Gasteiger partial charge is 0.326 e. The molecule has 0 radical (unpaired) electrons. The summed E-state index contributed by atoms with van der Waals surface area (Å²) in [5, 5.41) is 2.87. The zero-order chi connectivity index (χ0) is 14.5. The Bertz CT molecular complexity index is 445. The van der Waals surface area contributed by atoms with Gasteiger partial charge in [0.05, 0.1) is 6.54 Å². The number of amides is 1. The van der Waals surface area contributed by atoms with Gasteiger partial charge in [-0.2, -0.15) is 0 Å². The fraction of sp³-hybridized carbons (Fsp3) is 0.500. The van der Waals surface area contributed by atoms with E-state index in [2.05, 4.69) is 21.2 Å². The topological polar surface area (TPSA) is 32.3 Å². The number of nitrogens with one attached hydrogen (secondary N) is 1. The van der Waals surface area contributed by atoms with Crippen LogP contribution in [0.3, 0.4) is 0 Å². The summed E-state index contributed by atoms with van der Waals surface area (Å²) in [5.74, 6) is -0.114.